The number of amides is 3. The number of carbonyl (C=O) groups excluding carboxylic acids is 3. The van der Waals surface area contributed by atoms with Crippen LogP contribution >= 0.6 is 0 Å². The molecular weight excluding hydrogens is 374 g/mol. The van der Waals surface area contributed by atoms with Crippen molar-refractivity contribution in [2.24, 2.45) is 0 Å². The minimum absolute atomic E-state index is 0.0658. The summed E-state index contributed by atoms with van der Waals surface area (Å²) in [6, 6.07) is 11.9. The first kappa shape index (κ1) is 18.8. The highest BCUT2D eigenvalue weighted by atomic mass is 16.6. The summed E-state index contributed by atoms with van der Waals surface area (Å²) in [7, 11) is 0. The van der Waals surface area contributed by atoms with Crippen LogP contribution in [-0.2, 0) is 14.4 Å². The summed E-state index contributed by atoms with van der Waals surface area (Å²) in [6.45, 7) is 1.56. The standard InChI is InChI=1S/C21H21N3O5/c25-19-6-1-2-9-24(19)16-5-3-4-14(12-16)22-20(26)21(27)23-15-7-8-17-18(13-15)29-11-10-28-17/h3-5,7-8,12-13H,1-2,6,9-11H2,(H,22,26)(H,23,27). The summed E-state index contributed by atoms with van der Waals surface area (Å²) in [4.78, 5) is 38.4. The molecule has 29 heavy (non-hydrogen) atoms. The van der Waals surface area contributed by atoms with Crippen LogP contribution in [0.25, 0.3) is 0 Å². The Hall–Kier alpha value is -3.55. The molecule has 0 saturated carbocycles. The molecule has 0 atom stereocenters. The van der Waals surface area contributed by atoms with E-state index < -0.39 is 11.8 Å². The van der Waals surface area contributed by atoms with Crippen molar-refractivity contribution in [2.75, 3.05) is 35.3 Å². The zero-order valence-electron chi connectivity index (χ0n) is 15.8. The molecule has 0 aromatic heterocycles. The molecule has 2 heterocycles. The molecule has 0 spiro atoms. The Morgan fingerprint density at radius 1 is 0.862 bits per heavy atom. The lowest BCUT2D eigenvalue weighted by atomic mass is 10.1. The van der Waals surface area contributed by atoms with E-state index in [9.17, 15) is 14.4 Å². The van der Waals surface area contributed by atoms with Crippen LogP contribution in [0.3, 0.4) is 0 Å². The Bertz CT molecular complexity index is 959. The van der Waals surface area contributed by atoms with Crippen LogP contribution in [0.1, 0.15) is 19.3 Å². The molecule has 3 amide bonds. The molecule has 8 nitrogen and oxygen atoms in total. The average molecular weight is 395 g/mol. The van der Waals surface area contributed by atoms with Gasteiger partial charge in [-0.1, -0.05) is 6.07 Å². The van der Waals surface area contributed by atoms with Crippen molar-refractivity contribution in [3.8, 4) is 11.5 Å². The summed E-state index contributed by atoms with van der Waals surface area (Å²) in [5, 5.41) is 5.12. The van der Waals surface area contributed by atoms with E-state index in [-0.39, 0.29) is 5.91 Å². The minimum Gasteiger partial charge on any atom is -0.486 e. The second kappa shape index (κ2) is 8.22. The quantitative estimate of drug-likeness (QED) is 0.779. The molecule has 0 bridgehead atoms. The molecule has 8 heteroatoms. The van der Waals surface area contributed by atoms with E-state index >= 15 is 0 Å². The molecule has 4 rings (SSSR count). The number of fused-ring (bicyclic) bond motifs is 1. The van der Waals surface area contributed by atoms with E-state index in [0.717, 1.165) is 12.8 Å². The van der Waals surface area contributed by atoms with Crippen molar-refractivity contribution >= 4 is 34.8 Å². The molecule has 1 saturated heterocycles. The summed E-state index contributed by atoms with van der Waals surface area (Å²) in [6.07, 6.45) is 2.36. The van der Waals surface area contributed by atoms with Crippen LogP contribution in [0, 0.1) is 0 Å². The van der Waals surface area contributed by atoms with Crippen molar-refractivity contribution in [3.63, 3.8) is 0 Å². The van der Waals surface area contributed by atoms with Crippen molar-refractivity contribution < 1.29 is 23.9 Å². The Morgan fingerprint density at radius 3 is 2.34 bits per heavy atom. The van der Waals surface area contributed by atoms with Gasteiger partial charge in [0, 0.05) is 36.1 Å². The van der Waals surface area contributed by atoms with Crippen molar-refractivity contribution in [1.82, 2.24) is 0 Å². The molecule has 2 aliphatic rings. The van der Waals surface area contributed by atoms with E-state index in [1.54, 1.807) is 41.3 Å². The molecule has 0 unspecified atom stereocenters. The number of rotatable bonds is 3. The van der Waals surface area contributed by atoms with E-state index in [1.165, 1.54) is 0 Å². The predicted octanol–water partition coefficient (Wildman–Crippen LogP) is 2.55. The number of nitrogens with zero attached hydrogens (tertiary/aromatic N) is 1. The Kier molecular flexibility index (Phi) is 5.33. The second-order valence-electron chi connectivity index (χ2n) is 6.82. The fourth-order valence-corrected chi connectivity index (χ4v) is 3.33. The normalized spacial score (nSPS) is 15.6. The van der Waals surface area contributed by atoms with Crippen LogP contribution in [0.4, 0.5) is 17.1 Å². The smallest absolute Gasteiger partial charge is 0.314 e. The van der Waals surface area contributed by atoms with Crippen LogP contribution in [-0.4, -0.2) is 37.5 Å². The van der Waals surface area contributed by atoms with Gasteiger partial charge in [0.2, 0.25) is 5.91 Å². The first-order valence-electron chi connectivity index (χ1n) is 9.52. The first-order valence-corrected chi connectivity index (χ1v) is 9.52. The number of ether oxygens (including phenoxy) is 2. The van der Waals surface area contributed by atoms with Gasteiger partial charge >= 0.3 is 11.8 Å². The molecule has 1 fully saturated rings. The van der Waals surface area contributed by atoms with Crippen LogP contribution in [0.15, 0.2) is 42.5 Å². The third-order valence-corrected chi connectivity index (χ3v) is 4.75. The maximum atomic E-state index is 12.3. The van der Waals surface area contributed by atoms with Gasteiger partial charge in [0.1, 0.15) is 13.2 Å². The Morgan fingerprint density at radius 2 is 1.59 bits per heavy atom. The van der Waals surface area contributed by atoms with Gasteiger partial charge < -0.3 is 25.0 Å². The number of hydrogen-bond acceptors (Lipinski definition) is 5. The summed E-state index contributed by atoms with van der Waals surface area (Å²) >= 11 is 0. The Labute approximate surface area is 167 Å². The number of nitrogens with one attached hydrogen (secondary N) is 2. The second-order valence-corrected chi connectivity index (χ2v) is 6.82. The monoisotopic (exact) mass is 395 g/mol. The maximum Gasteiger partial charge on any atom is 0.314 e. The average Bonchev–Trinajstić information content (AvgIpc) is 2.74. The van der Waals surface area contributed by atoms with Crippen molar-refractivity contribution in [1.29, 1.82) is 0 Å². The molecule has 0 radical (unpaired) electrons. The lowest BCUT2D eigenvalue weighted by Gasteiger charge is -2.27. The largest absolute Gasteiger partial charge is 0.486 e. The van der Waals surface area contributed by atoms with Crippen LogP contribution in [0.2, 0.25) is 0 Å². The number of benzene rings is 2. The number of anilines is 3. The minimum atomic E-state index is -0.805. The number of carbonyl (C=O) groups is 3. The molecule has 2 N–H and O–H groups in total. The maximum absolute atomic E-state index is 12.3. The number of piperidine rings is 1. The molecule has 150 valence electrons. The van der Waals surface area contributed by atoms with Gasteiger partial charge in [-0.25, -0.2) is 0 Å². The highest BCUT2D eigenvalue weighted by Crippen LogP contribution is 2.32. The van der Waals surface area contributed by atoms with Crippen LogP contribution < -0.4 is 25.0 Å². The van der Waals surface area contributed by atoms with E-state index in [0.29, 0.717) is 54.7 Å². The molecule has 2 aromatic carbocycles. The first-order chi connectivity index (χ1) is 14.1. The molecule has 2 aromatic rings. The van der Waals surface area contributed by atoms with E-state index in [1.807, 2.05) is 6.07 Å². The summed E-state index contributed by atoms with van der Waals surface area (Å²) in [5.41, 5.74) is 1.59. The van der Waals surface area contributed by atoms with E-state index in [2.05, 4.69) is 10.6 Å². The fraction of sp³-hybridized carbons (Fsp3) is 0.286. The molecule has 2 aliphatic heterocycles. The van der Waals surface area contributed by atoms with Gasteiger partial charge in [-0.2, -0.15) is 0 Å². The van der Waals surface area contributed by atoms with Gasteiger partial charge in [0.05, 0.1) is 0 Å². The summed E-state index contributed by atoms with van der Waals surface area (Å²) < 4.78 is 10.9. The van der Waals surface area contributed by atoms with E-state index in [4.69, 9.17) is 9.47 Å². The third kappa shape index (κ3) is 4.31. The van der Waals surface area contributed by atoms with Crippen LogP contribution in [0.5, 0.6) is 11.5 Å². The van der Waals surface area contributed by atoms with Gasteiger partial charge in [-0.15, -0.1) is 0 Å². The van der Waals surface area contributed by atoms with Gasteiger partial charge in [-0.3, -0.25) is 14.4 Å². The lowest BCUT2D eigenvalue weighted by molar-refractivity contribution is -0.133. The SMILES string of the molecule is O=C(Nc1cccc(N2CCCCC2=O)c1)C(=O)Nc1ccc2c(c1)OCCO2. The van der Waals surface area contributed by atoms with Gasteiger partial charge in [0.15, 0.2) is 11.5 Å². The number of hydrogen-bond donors (Lipinski definition) is 2. The van der Waals surface area contributed by atoms with Crippen molar-refractivity contribution in [2.45, 2.75) is 19.3 Å². The fourth-order valence-electron chi connectivity index (χ4n) is 3.33. The zero-order chi connectivity index (χ0) is 20.2. The predicted molar refractivity (Wildman–Crippen MR) is 107 cm³/mol. The highest BCUT2D eigenvalue weighted by molar-refractivity contribution is 6.43. The highest BCUT2D eigenvalue weighted by Gasteiger charge is 2.21. The van der Waals surface area contributed by atoms with Crippen molar-refractivity contribution in [3.05, 3.63) is 42.5 Å². The third-order valence-electron chi connectivity index (χ3n) is 4.75. The van der Waals surface area contributed by atoms with Gasteiger partial charge in [0.25, 0.3) is 0 Å². The van der Waals surface area contributed by atoms with Gasteiger partial charge in [-0.05, 0) is 43.2 Å². The summed E-state index contributed by atoms with van der Waals surface area (Å²) in [5.74, 6) is -0.421. The lowest BCUT2D eigenvalue weighted by Crippen LogP contribution is -2.35. The zero-order valence-corrected chi connectivity index (χ0v) is 15.8. The Balaban J connectivity index is 1.40. The topological polar surface area (TPSA) is 97.0 Å². The molecular formula is C21H21N3O5. The molecule has 0 aliphatic carbocycles.